The van der Waals surface area contributed by atoms with E-state index in [9.17, 15) is 10.1 Å². The molecule has 0 bridgehead atoms. The molecule has 0 radical (unpaired) electrons. The van der Waals surface area contributed by atoms with Gasteiger partial charge in [-0.05, 0) is 65.7 Å². The molecule has 1 heterocycles. The first-order valence-corrected chi connectivity index (χ1v) is 8.20. The van der Waals surface area contributed by atoms with Crippen LogP contribution in [0.25, 0.3) is 6.08 Å². The van der Waals surface area contributed by atoms with E-state index in [0.717, 1.165) is 11.4 Å². The summed E-state index contributed by atoms with van der Waals surface area (Å²) in [6.45, 7) is 3.74. The zero-order chi connectivity index (χ0) is 18.6. The van der Waals surface area contributed by atoms with Crippen LogP contribution in [-0.4, -0.2) is 24.8 Å². The zero-order valence-corrected chi connectivity index (χ0v) is 16.0. The minimum atomic E-state index is -0.490. The average molecular weight is 404 g/mol. The Hall–Kier alpha value is -2.72. The fraction of sp³-hybridized carbons (Fsp3) is 0.222. The molecule has 0 aliphatic rings. The highest BCUT2D eigenvalue weighted by Gasteiger charge is 2.14. The summed E-state index contributed by atoms with van der Waals surface area (Å²) in [5, 5.41) is 9.37. The van der Waals surface area contributed by atoms with Gasteiger partial charge in [0.1, 0.15) is 11.6 Å². The number of hydrogen-bond acceptors (Lipinski definition) is 4. The third kappa shape index (κ3) is 4.03. The molecule has 2 rings (SSSR count). The molecule has 2 aromatic rings. The Morgan fingerprint density at radius 3 is 2.40 bits per heavy atom. The number of carbonyl (C=O) groups excluding carboxylic acids is 1. The van der Waals surface area contributed by atoms with Gasteiger partial charge in [0.2, 0.25) is 0 Å². The van der Waals surface area contributed by atoms with Crippen LogP contribution in [0.5, 0.6) is 11.5 Å². The fourth-order valence-corrected chi connectivity index (χ4v) is 2.96. The van der Waals surface area contributed by atoms with E-state index < -0.39 is 5.91 Å². The van der Waals surface area contributed by atoms with Crippen molar-refractivity contribution >= 4 is 27.9 Å². The maximum Gasteiger partial charge on any atom is 0.280 e. The second kappa shape index (κ2) is 7.90. The smallest absolute Gasteiger partial charge is 0.280 e. The Bertz CT molecular complexity index is 859. The van der Waals surface area contributed by atoms with Gasteiger partial charge in [-0.2, -0.15) is 5.26 Å². The Morgan fingerprint density at radius 1 is 1.24 bits per heavy atom. The topological polar surface area (TPSA) is 76.3 Å². The van der Waals surface area contributed by atoms with Crippen molar-refractivity contribution < 1.29 is 14.3 Å². The molecule has 0 saturated carbocycles. The summed E-state index contributed by atoms with van der Waals surface area (Å²) in [7, 11) is 3.06. The van der Waals surface area contributed by atoms with Crippen molar-refractivity contribution in [2.24, 2.45) is 0 Å². The molecule has 1 aromatic carbocycles. The summed E-state index contributed by atoms with van der Waals surface area (Å²) >= 11 is 3.39. The minimum absolute atomic E-state index is 0.0216. The number of hydrogen-bond donors (Lipinski definition) is 1. The molecule has 0 spiro atoms. The summed E-state index contributed by atoms with van der Waals surface area (Å²) in [6, 6.07) is 9.15. The molecule has 0 aliphatic heterocycles. The molecule has 130 valence electrons. The van der Waals surface area contributed by atoms with Gasteiger partial charge < -0.3 is 9.47 Å². The number of ether oxygens (including phenoxy) is 2. The second-order valence-corrected chi connectivity index (χ2v) is 6.15. The van der Waals surface area contributed by atoms with Crippen molar-refractivity contribution in [2.45, 2.75) is 13.8 Å². The van der Waals surface area contributed by atoms with Gasteiger partial charge in [-0.25, -0.2) is 0 Å². The number of aryl methyl sites for hydroxylation is 2. The molecule has 7 heteroatoms. The third-order valence-electron chi connectivity index (χ3n) is 3.62. The average Bonchev–Trinajstić information content (AvgIpc) is 2.90. The first-order valence-electron chi connectivity index (χ1n) is 7.41. The molecule has 1 N–H and O–H groups in total. The summed E-state index contributed by atoms with van der Waals surface area (Å²) < 4.78 is 12.8. The fourth-order valence-electron chi connectivity index (χ4n) is 2.34. The van der Waals surface area contributed by atoms with E-state index >= 15 is 0 Å². The maximum absolute atomic E-state index is 12.4. The highest BCUT2D eigenvalue weighted by molar-refractivity contribution is 9.10. The van der Waals surface area contributed by atoms with Crippen molar-refractivity contribution in [2.75, 3.05) is 19.6 Å². The number of amides is 1. The largest absolute Gasteiger partial charge is 0.493 e. The third-order valence-corrected chi connectivity index (χ3v) is 4.21. The first-order chi connectivity index (χ1) is 11.9. The molecule has 1 aromatic heterocycles. The Kier molecular flexibility index (Phi) is 5.88. The second-order valence-electron chi connectivity index (χ2n) is 5.30. The van der Waals surface area contributed by atoms with Gasteiger partial charge in [-0.3, -0.25) is 14.9 Å². The van der Waals surface area contributed by atoms with E-state index in [1.807, 2.05) is 32.0 Å². The van der Waals surface area contributed by atoms with E-state index in [4.69, 9.17) is 9.47 Å². The van der Waals surface area contributed by atoms with Crippen LogP contribution in [0.15, 0.2) is 34.3 Å². The monoisotopic (exact) mass is 403 g/mol. The lowest BCUT2D eigenvalue weighted by Crippen LogP contribution is -2.25. The molecular weight excluding hydrogens is 386 g/mol. The van der Waals surface area contributed by atoms with Crippen molar-refractivity contribution in [3.63, 3.8) is 0 Å². The molecular formula is C18H18BrN3O3. The maximum atomic E-state index is 12.4. The van der Waals surface area contributed by atoms with Gasteiger partial charge in [0, 0.05) is 11.4 Å². The molecule has 0 atom stereocenters. The van der Waals surface area contributed by atoms with Gasteiger partial charge >= 0.3 is 0 Å². The first kappa shape index (κ1) is 18.6. The number of nitrogens with zero attached hydrogens (tertiary/aromatic N) is 2. The number of halogens is 1. The van der Waals surface area contributed by atoms with Crippen LogP contribution >= 0.6 is 15.9 Å². The highest BCUT2D eigenvalue weighted by Crippen LogP contribution is 2.36. The number of aromatic nitrogens is 1. The number of nitrogens with one attached hydrogen (secondary N) is 1. The van der Waals surface area contributed by atoms with Crippen molar-refractivity contribution in [3.8, 4) is 17.6 Å². The van der Waals surface area contributed by atoms with Crippen LogP contribution in [0.4, 0.5) is 0 Å². The van der Waals surface area contributed by atoms with Gasteiger partial charge in [0.05, 0.1) is 18.7 Å². The van der Waals surface area contributed by atoms with Gasteiger partial charge in [0.15, 0.2) is 11.5 Å². The van der Waals surface area contributed by atoms with E-state index in [1.54, 1.807) is 16.8 Å². The standard InChI is InChI=1S/C18H18BrN3O3/c1-11-5-6-12(2)22(11)21-18(23)14(10-20)7-13-8-15(19)17(25-4)16(9-13)24-3/h5-9H,1-4H3,(H,21,23)/b14-7-. The van der Waals surface area contributed by atoms with Crippen LogP contribution in [0, 0.1) is 25.2 Å². The predicted octanol–water partition coefficient (Wildman–Crippen LogP) is 3.56. The van der Waals surface area contributed by atoms with Crippen LogP contribution in [-0.2, 0) is 4.79 Å². The Morgan fingerprint density at radius 2 is 1.88 bits per heavy atom. The quantitative estimate of drug-likeness (QED) is 0.611. The minimum Gasteiger partial charge on any atom is -0.493 e. The van der Waals surface area contributed by atoms with Gasteiger partial charge in [-0.15, -0.1) is 0 Å². The highest BCUT2D eigenvalue weighted by atomic mass is 79.9. The molecule has 1 amide bonds. The molecule has 0 unspecified atom stereocenters. The van der Waals surface area contributed by atoms with Crippen molar-refractivity contribution in [1.29, 1.82) is 5.26 Å². The predicted molar refractivity (Wildman–Crippen MR) is 99.1 cm³/mol. The number of benzene rings is 1. The number of methoxy groups -OCH3 is 2. The summed E-state index contributed by atoms with van der Waals surface area (Å²) in [5.74, 6) is 0.551. The lowest BCUT2D eigenvalue weighted by molar-refractivity contribution is -0.113. The summed E-state index contributed by atoms with van der Waals surface area (Å²) in [4.78, 5) is 12.4. The van der Waals surface area contributed by atoms with Gasteiger partial charge in [0.25, 0.3) is 5.91 Å². The Labute approximate surface area is 154 Å². The molecule has 6 nitrogen and oxygen atoms in total. The van der Waals surface area contributed by atoms with Crippen LogP contribution in [0.3, 0.4) is 0 Å². The van der Waals surface area contributed by atoms with Crippen LogP contribution < -0.4 is 14.9 Å². The zero-order valence-electron chi connectivity index (χ0n) is 14.4. The molecule has 0 fully saturated rings. The molecule has 0 saturated heterocycles. The Balaban J connectivity index is 2.36. The normalized spacial score (nSPS) is 11.0. The lowest BCUT2D eigenvalue weighted by Gasteiger charge is -2.12. The van der Waals surface area contributed by atoms with Gasteiger partial charge in [-0.1, -0.05) is 0 Å². The van der Waals surface area contributed by atoms with E-state index in [1.165, 1.54) is 20.3 Å². The molecule has 0 aliphatic carbocycles. The van der Waals surface area contributed by atoms with Crippen molar-refractivity contribution in [1.82, 2.24) is 4.68 Å². The van der Waals surface area contributed by atoms with E-state index in [-0.39, 0.29) is 5.57 Å². The van der Waals surface area contributed by atoms with Crippen molar-refractivity contribution in [3.05, 3.63) is 51.3 Å². The van der Waals surface area contributed by atoms with Crippen LogP contribution in [0.2, 0.25) is 0 Å². The number of nitriles is 1. The van der Waals surface area contributed by atoms with E-state index in [2.05, 4.69) is 21.4 Å². The van der Waals surface area contributed by atoms with Crippen LogP contribution in [0.1, 0.15) is 17.0 Å². The number of rotatable bonds is 5. The SMILES string of the molecule is COc1cc(/C=C(/C#N)C(=O)Nn2c(C)ccc2C)cc(Br)c1OC. The molecule has 25 heavy (non-hydrogen) atoms. The number of carbonyl (C=O) groups is 1. The lowest BCUT2D eigenvalue weighted by atomic mass is 10.1. The summed E-state index contributed by atoms with van der Waals surface area (Å²) in [5.41, 5.74) is 5.07. The van der Waals surface area contributed by atoms with E-state index in [0.29, 0.717) is 21.5 Å². The summed E-state index contributed by atoms with van der Waals surface area (Å²) in [6.07, 6.45) is 1.50.